The second-order valence-corrected chi connectivity index (χ2v) is 4.28. The summed E-state index contributed by atoms with van der Waals surface area (Å²) in [6.45, 7) is 3.84. The van der Waals surface area contributed by atoms with Crippen LogP contribution < -0.4 is 10.2 Å². The van der Waals surface area contributed by atoms with Gasteiger partial charge in [-0.15, -0.1) is 0 Å². The topological polar surface area (TPSA) is 41.6 Å². The van der Waals surface area contributed by atoms with Gasteiger partial charge in [-0.25, -0.2) is 4.79 Å². The first-order chi connectivity index (χ1) is 7.95. The number of hydrogen-bond acceptors (Lipinski definition) is 4. The number of anilines is 2. The van der Waals surface area contributed by atoms with Crippen LogP contribution in [0.3, 0.4) is 0 Å². The predicted molar refractivity (Wildman–Crippen MR) is 70.6 cm³/mol. The first-order valence-corrected chi connectivity index (χ1v) is 5.58. The summed E-state index contributed by atoms with van der Waals surface area (Å²) in [6.07, 6.45) is 0. The fraction of sp³-hybridized carbons (Fsp3) is 0.462. The minimum atomic E-state index is -0.349. The number of aryl methyl sites for hydroxylation is 1. The highest BCUT2D eigenvalue weighted by Gasteiger charge is 2.13. The Morgan fingerprint density at radius 1 is 1.41 bits per heavy atom. The van der Waals surface area contributed by atoms with Gasteiger partial charge in [-0.2, -0.15) is 0 Å². The van der Waals surface area contributed by atoms with E-state index in [1.165, 1.54) is 12.7 Å². The molecule has 4 nitrogen and oxygen atoms in total. The van der Waals surface area contributed by atoms with Gasteiger partial charge in [-0.1, -0.05) is 6.07 Å². The Kier molecular flexibility index (Phi) is 4.37. The van der Waals surface area contributed by atoms with Crippen molar-refractivity contribution < 1.29 is 9.53 Å². The van der Waals surface area contributed by atoms with Gasteiger partial charge in [-0.3, -0.25) is 0 Å². The van der Waals surface area contributed by atoms with Crippen molar-refractivity contribution in [3.05, 3.63) is 23.8 Å². The van der Waals surface area contributed by atoms with Gasteiger partial charge in [0.2, 0.25) is 0 Å². The van der Waals surface area contributed by atoms with E-state index in [0.717, 1.165) is 11.4 Å². The lowest BCUT2D eigenvalue weighted by Crippen LogP contribution is -2.27. The standard InChI is InChI=1S/C13H20N2O2/c1-9-6-7-11(8-12(9)15(3)4)14-10(2)13(16)17-5/h6-8,10,14H,1-5H3. The molecule has 1 N–H and O–H groups in total. The third-order valence-electron chi connectivity index (χ3n) is 2.63. The van der Waals surface area contributed by atoms with Crippen LogP contribution in [0.4, 0.5) is 11.4 Å². The molecule has 0 aliphatic heterocycles. The van der Waals surface area contributed by atoms with Gasteiger partial charge in [0.25, 0.3) is 0 Å². The molecule has 17 heavy (non-hydrogen) atoms. The summed E-state index contributed by atoms with van der Waals surface area (Å²) in [6, 6.07) is 5.66. The SMILES string of the molecule is COC(=O)C(C)Nc1ccc(C)c(N(C)C)c1. The first-order valence-electron chi connectivity index (χ1n) is 5.58. The van der Waals surface area contributed by atoms with Gasteiger partial charge >= 0.3 is 5.97 Å². The molecule has 0 saturated heterocycles. The second-order valence-electron chi connectivity index (χ2n) is 4.28. The summed E-state index contributed by atoms with van der Waals surface area (Å²) >= 11 is 0. The van der Waals surface area contributed by atoms with Gasteiger partial charge < -0.3 is 15.0 Å². The Hall–Kier alpha value is -1.71. The Bertz CT molecular complexity index is 402. The summed E-state index contributed by atoms with van der Waals surface area (Å²) in [5, 5.41) is 3.11. The van der Waals surface area contributed by atoms with E-state index in [1.807, 2.05) is 37.2 Å². The molecule has 1 rings (SSSR count). The molecule has 0 amide bonds. The zero-order valence-corrected chi connectivity index (χ0v) is 11.1. The minimum Gasteiger partial charge on any atom is -0.467 e. The number of nitrogens with zero attached hydrogens (tertiary/aromatic N) is 1. The molecule has 1 aromatic rings. The molecule has 0 radical (unpaired) electrons. The van der Waals surface area contributed by atoms with Crippen molar-refractivity contribution in [2.75, 3.05) is 31.4 Å². The average molecular weight is 236 g/mol. The normalized spacial score (nSPS) is 11.8. The van der Waals surface area contributed by atoms with Gasteiger partial charge in [0, 0.05) is 25.5 Å². The van der Waals surface area contributed by atoms with Crippen LogP contribution in [0.1, 0.15) is 12.5 Å². The largest absolute Gasteiger partial charge is 0.467 e. The number of benzene rings is 1. The number of carbonyl (C=O) groups excluding carboxylic acids is 1. The Labute approximate surface area is 103 Å². The molecule has 4 heteroatoms. The van der Waals surface area contributed by atoms with Crippen LogP contribution in [0.2, 0.25) is 0 Å². The van der Waals surface area contributed by atoms with Crippen molar-refractivity contribution in [1.82, 2.24) is 0 Å². The number of hydrogen-bond donors (Lipinski definition) is 1. The molecule has 0 aromatic heterocycles. The molecule has 0 aliphatic rings. The van der Waals surface area contributed by atoms with Crippen molar-refractivity contribution in [3.8, 4) is 0 Å². The molecule has 1 unspecified atom stereocenters. The molecule has 0 aliphatic carbocycles. The average Bonchev–Trinajstić information content (AvgIpc) is 2.30. The lowest BCUT2D eigenvalue weighted by molar-refractivity contribution is -0.141. The van der Waals surface area contributed by atoms with Gasteiger partial charge in [-0.05, 0) is 31.5 Å². The smallest absolute Gasteiger partial charge is 0.327 e. The maximum Gasteiger partial charge on any atom is 0.327 e. The van der Waals surface area contributed by atoms with E-state index < -0.39 is 0 Å². The van der Waals surface area contributed by atoms with E-state index >= 15 is 0 Å². The molecule has 0 fully saturated rings. The van der Waals surface area contributed by atoms with Crippen molar-refractivity contribution in [2.45, 2.75) is 19.9 Å². The zero-order chi connectivity index (χ0) is 13.0. The van der Waals surface area contributed by atoms with E-state index in [4.69, 9.17) is 0 Å². The Morgan fingerprint density at radius 3 is 2.59 bits per heavy atom. The number of carbonyl (C=O) groups is 1. The van der Waals surface area contributed by atoms with Crippen molar-refractivity contribution in [3.63, 3.8) is 0 Å². The molecule has 0 spiro atoms. The molecule has 1 atom stereocenters. The third kappa shape index (κ3) is 3.37. The summed E-state index contributed by atoms with van der Waals surface area (Å²) in [5.74, 6) is -0.267. The Balaban J connectivity index is 2.86. The van der Waals surface area contributed by atoms with E-state index in [0.29, 0.717) is 0 Å². The monoisotopic (exact) mass is 236 g/mol. The molecular formula is C13H20N2O2. The van der Waals surface area contributed by atoms with E-state index in [-0.39, 0.29) is 12.0 Å². The molecule has 0 heterocycles. The van der Waals surface area contributed by atoms with Crippen LogP contribution in [0.25, 0.3) is 0 Å². The lowest BCUT2D eigenvalue weighted by atomic mass is 10.1. The lowest BCUT2D eigenvalue weighted by Gasteiger charge is -2.19. The summed E-state index contributed by atoms with van der Waals surface area (Å²) < 4.78 is 4.67. The third-order valence-corrected chi connectivity index (χ3v) is 2.63. The fourth-order valence-electron chi connectivity index (χ4n) is 1.67. The maximum atomic E-state index is 11.3. The maximum absolute atomic E-state index is 11.3. The highest BCUT2D eigenvalue weighted by atomic mass is 16.5. The first kappa shape index (κ1) is 13.4. The number of nitrogens with one attached hydrogen (secondary N) is 1. The summed E-state index contributed by atoms with van der Waals surface area (Å²) in [5.41, 5.74) is 3.25. The number of ether oxygens (including phenoxy) is 1. The minimum absolute atomic E-state index is 0.267. The molecule has 1 aromatic carbocycles. The molecule has 0 bridgehead atoms. The van der Waals surface area contributed by atoms with Crippen LogP contribution in [0.5, 0.6) is 0 Å². The zero-order valence-electron chi connectivity index (χ0n) is 11.1. The van der Waals surface area contributed by atoms with Gasteiger partial charge in [0.1, 0.15) is 6.04 Å². The predicted octanol–water partition coefficient (Wildman–Crippen LogP) is 2.03. The number of methoxy groups -OCH3 is 1. The van der Waals surface area contributed by atoms with Crippen LogP contribution in [-0.4, -0.2) is 33.2 Å². The van der Waals surface area contributed by atoms with Crippen LogP contribution in [0.15, 0.2) is 18.2 Å². The molecule has 94 valence electrons. The second kappa shape index (κ2) is 5.57. The highest BCUT2D eigenvalue weighted by Crippen LogP contribution is 2.22. The fourth-order valence-corrected chi connectivity index (χ4v) is 1.67. The van der Waals surface area contributed by atoms with Gasteiger partial charge in [0.15, 0.2) is 0 Å². The van der Waals surface area contributed by atoms with E-state index in [2.05, 4.69) is 17.0 Å². The van der Waals surface area contributed by atoms with Gasteiger partial charge in [0.05, 0.1) is 7.11 Å². The summed E-state index contributed by atoms with van der Waals surface area (Å²) in [7, 11) is 5.38. The van der Waals surface area contributed by atoms with Crippen LogP contribution >= 0.6 is 0 Å². The van der Waals surface area contributed by atoms with Crippen LogP contribution in [-0.2, 0) is 9.53 Å². The quantitative estimate of drug-likeness (QED) is 0.812. The highest BCUT2D eigenvalue weighted by molar-refractivity contribution is 5.79. The number of rotatable bonds is 4. The molecular weight excluding hydrogens is 216 g/mol. The van der Waals surface area contributed by atoms with Crippen molar-refractivity contribution >= 4 is 17.3 Å². The Morgan fingerprint density at radius 2 is 2.06 bits per heavy atom. The molecule has 0 saturated carbocycles. The van der Waals surface area contributed by atoms with Crippen LogP contribution in [0, 0.1) is 6.92 Å². The van der Waals surface area contributed by atoms with Crippen molar-refractivity contribution in [2.24, 2.45) is 0 Å². The van der Waals surface area contributed by atoms with E-state index in [9.17, 15) is 4.79 Å². The number of esters is 1. The summed E-state index contributed by atoms with van der Waals surface area (Å²) in [4.78, 5) is 13.4. The van der Waals surface area contributed by atoms with Crippen molar-refractivity contribution in [1.29, 1.82) is 0 Å². The van der Waals surface area contributed by atoms with E-state index in [1.54, 1.807) is 6.92 Å².